The number of guanidine groups is 1. The molecule has 1 aliphatic carbocycles. The zero-order valence-electron chi connectivity index (χ0n) is 10.0. The quantitative estimate of drug-likeness (QED) is 0.323. The van der Waals surface area contributed by atoms with E-state index in [1.807, 2.05) is 0 Å². The molecule has 1 rings (SSSR count). The van der Waals surface area contributed by atoms with Crippen molar-refractivity contribution in [3.8, 4) is 12.3 Å². The van der Waals surface area contributed by atoms with Gasteiger partial charge in [-0.3, -0.25) is 4.99 Å². The van der Waals surface area contributed by atoms with Crippen molar-refractivity contribution in [1.82, 2.24) is 5.32 Å². The first kappa shape index (κ1) is 12.9. The Labute approximate surface area is 98.9 Å². The van der Waals surface area contributed by atoms with Crippen molar-refractivity contribution in [3.05, 3.63) is 0 Å². The minimum Gasteiger partial charge on any atom is -0.370 e. The second kappa shape index (κ2) is 8.04. The molecule has 0 aromatic rings. The standard InChI is InChI=1S/C13H23N3/c1-2-3-4-8-11-15-13(14)16-12-9-6-5-7-10-12/h1,12H,3-11H2,(H3,14,15,16). The van der Waals surface area contributed by atoms with Crippen LogP contribution in [0.5, 0.6) is 0 Å². The molecule has 3 N–H and O–H groups in total. The van der Waals surface area contributed by atoms with Gasteiger partial charge >= 0.3 is 0 Å². The number of hydrogen-bond donors (Lipinski definition) is 2. The van der Waals surface area contributed by atoms with Gasteiger partial charge in [0.15, 0.2) is 5.96 Å². The minimum absolute atomic E-state index is 0.545. The maximum absolute atomic E-state index is 5.82. The number of terminal acetylenes is 1. The largest absolute Gasteiger partial charge is 0.370 e. The van der Waals surface area contributed by atoms with Crippen LogP contribution >= 0.6 is 0 Å². The van der Waals surface area contributed by atoms with Crippen molar-refractivity contribution < 1.29 is 0 Å². The Morgan fingerprint density at radius 3 is 2.75 bits per heavy atom. The normalized spacial score (nSPS) is 18.1. The van der Waals surface area contributed by atoms with Gasteiger partial charge in [0.05, 0.1) is 0 Å². The first-order valence-electron chi connectivity index (χ1n) is 6.33. The molecule has 0 heterocycles. The van der Waals surface area contributed by atoms with E-state index in [0.717, 1.165) is 25.8 Å². The van der Waals surface area contributed by atoms with Crippen LogP contribution in [0.3, 0.4) is 0 Å². The average molecular weight is 221 g/mol. The van der Waals surface area contributed by atoms with Crippen LogP contribution in [0.15, 0.2) is 4.99 Å². The van der Waals surface area contributed by atoms with Gasteiger partial charge in [0.2, 0.25) is 0 Å². The molecule has 0 amide bonds. The van der Waals surface area contributed by atoms with Gasteiger partial charge < -0.3 is 11.1 Å². The Kier molecular flexibility index (Phi) is 6.48. The van der Waals surface area contributed by atoms with Gasteiger partial charge in [-0.15, -0.1) is 12.3 Å². The Morgan fingerprint density at radius 1 is 1.31 bits per heavy atom. The number of nitrogens with one attached hydrogen (secondary N) is 1. The monoisotopic (exact) mass is 221 g/mol. The van der Waals surface area contributed by atoms with Crippen LogP contribution in [0.2, 0.25) is 0 Å². The van der Waals surface area contributed by atoms with Crippen LogP contribution in [-0.4, -0.2) is 18.5 Å². The third kappa shape index (κ3) is 5.65. The molecule has 3 heteroatoms. The van der Waals surface area contributed by atoms with E-state index in [9.17, 15) is 0 Å². The van der Waals surface area contributed by atoms with Crippen molar-refractivity contribution in [2.24, 2.45) is 10.7 Å². The zero-order valence-corrected chi connectivity index (χ0v) is 10.0. The first-order valence-corrected chi connectivity index (χ1v) is 6.33. The predicted molar refractivity (Wildman–Crippen MR) is 69.2 cm³/mol. The highest BCUT2D eigenvalue weighted by atomic mass is 15.1. The molecule has 0 aliphatic heterocycles. The first-order chi connectivity index (χ1) is 7.83. The number of nitrogens with zero attached hydrogens (tertiary/aromatic N) is 1. The molecule has 0 atom stereocenters. The van der Waals surface area contributed by atoms with Crippen LogP contribution in [0.4, 0.5) is 0 Å². The van der Waals surface area contributed by atoms with Crippen LogP contribution in [0.1, 0.15) is 51.4 Å². The lowest BCUT2D eigenvalue weighted by Gasteiger charge is -2.23. The number of unbranched alkanes of at least 4 members (excludes halogenated alkanes) is 2. The van der Waals surface area contributed by atoms with Gasteiger partial charge in [0.1, 0.15) is 0 Å². The molecule has 0 bridgehead atoms. The Morgan fingerprint density at radius 2 is 2.06 bits per heavy atom. The minimum atomic E-state index is 0.545. The van der Waals surface area contributed by atoms with Crippen molar-refractivity contribution in [2.75, 3.05) is 6.54 Å². The highest BCUT2D eigenvalue weighted by Crippen LogP contribution is 2.16. The van der Waals surface area contributed by atoms with E-state index in [0.29, 0.717) is 12.0 Å². The van der Waals surface area contributed by atoms with Crippen LogP contribution in [0, 0.1) is 12.3 Å². The van der Waals surface area contributed by atoms with Crippen LogP contribution in [-0.2, 0) is 0 Å². The molecule has 16 heavy (non-hydrogen) atoms. The molecule has 1 saturated carbocycles. The predicted octanol–water partition coefficient (Wildman–Crippen LogP) is 2.03. The summed E-state index contributed by atoms with van der Waals surface area (Å²) in [7, 11) is 0. The molecule has 1 fully saturated rings. The second-order valence-electron chi connectivity index (χ2n) is 4.41. The van der Waals surface area contributed by atoms with Crippen molar-refractivity contribution in [3.63, 3.8) is 0 Å². The molecule has 0 spiro atoms. The van der Waals surface area contributed by atoms with Crippen molar-refractivity contribution >= 4 is 5.96 Å². The molecule has 1 aliphatic rings. The van der Waals surface area contributed by atoms with Gasteiger partial charge in [-0.25, -0.2) is 0 Å². The average Bonchev–Trinajstić information content (AvgIpc) is 2.30. The fourth-order valence-corrected chi connectivity index (χ4v) is 2.04. The molecule has 90 valence electrons. The van der Waals surface area contributed by atoms with Crippen LogP contribution < -0.4 is 11.1 Å². The molecule has 0 saturated heterocycles. The number of aliphatic imine (C=N–C) groups is 1. The maximum atomic E-state index is 5.82. The van der Waals surface area contributed by atoms with Gasteiger partial charge in [-0.05, 0) is 25.7 Å². The maximum Gasteiger partial charge on any atom is 0.188 e. The van der Waals surface area contributed by atoms with E-state index in [4.69, 9.17) is 12.2 Å². The van der Waals surface area contributed by atoms with E-state index in [2.05, 4.69) is 16.2 Å². The molecule has 0 aromatic carbocycles. The molecule has 0 aromatic heterocycles. The Hall–Kier alpha value is -1.17. The lowest BCUT2D eigenvalue weighted by Crippen LogP contribution is -2.41. The fourth-order valence-electron chi connectivity index (χ4n) is 2.04. The van der Waals surface area contributed by atoms with E-state index in [1.165, 1.54) is 32.1 Å². The highest BCUT2D eigenvalue weighted by Gasteiger charge is 2.12. The lowest BCUT2D eigenvalue weighted by molar-refractivity contribution is 0.412. The van der Waals surface area contributed by atoms with Crippen LogP contribution in [0.25, 0.3) is 0 Å². The summed E-state index contributed by atoms with van der Waals surface area (Å²) in [5.41, 5.74) is 5.82. The Bertz CT molecular complexity index is 246. The van der Waals surface area contributed by atoms with Gasteiger partial charge in [0, 0.05) is 19.0 Å². The highest BCUT2D eigenvalue weighted by molar-refractivity contribution is 5.78. The number of rotatable bonds is 5. The lowest BCUT2D eigenvalue weighted by atomic mass is 9.96. The third-order valence-corrected chi connectivity index (χ3v) is 2.97. The summed E-state index contributed by atoms with van der Waals surface area (Å²) < 4.78 is 0. The smallest absolute Gasteiger partial charge is 0.188 e. The molecule has 0 radical (unpaired) electrons. The van der Waals surface area contributed by atoms with E-state index in [1.54, 1.807) is 0 Å². The number of nitrogens with two attached hydrogens (primary N) is 1. The summed E-state index contributed by atoms with van der Waals surface area (Å²) in [6.45, 7) is 0.785. The van der Waals surface area contributed by atoms with Gasteiger partial charge in [-0.2, -0.15) is 0 Å². The zero-order chi connectivity index (χ0) is 11.6. The topological polar surface area (TPSA) is 50.4 Å². The summed E-state index contributed by atoms with van der Waals surface area (Å²) in [6, 6.07) is 0.545. The Balaban J connectivity index is 2.10. The van der Waals surface area contributed by atoms with Crippen molar-refractivity contribution in [1.29, 1.82) is 0 Å². The van der Waals surface area contributed by atoms with E-state index in [-0.39, 0.29) is 0 Å². The third-order valence-electron chi connectivity index (χ3n) is 2.97. The summed E-state index contributed by atoms with van der Waals surface area (Å²) >= 11 is 0. The summed E-state index contributed by atoms with van der Waals surface area (Å²) in [6.07, 6.45) is 14.5. The summed E-state index contributed by atoms with van der Waals surface area (Å²) in [4.78, 5) is 4.30. The molecular weight excluding hydrogens is 198 g/mol. The van der Waals surface area contributed by atoms with Crippen molar-refractivity contribution in [2.45, 2.75) is 57.4 Å². The summed E-state index contributed by atoms with van der Waals surface area (Å²) in [5, 5.41) is 3.30. The van der Waals surface area contributed by atoms with E-state index >= 15 is 0 Å². The second-order valence-corrected chi connectivity index (χ2v) is 4.41. The molecule has 0 unspecified atom stereocenters. The SMILES string of the molecule is C#CCCCCN=C(N)NC1CCCCC1. The summed E-state index contributed by atoms with van der Waals surface area (Å²) in [5.74, 6) is 3.23. The molecular formula is C13H23N3. The number of hydrogen-bond acceptors (Lipinski definition) is 1. The van der Waals surface area contributed by atoms with Gasteiger partial charge in [0.25, 0.3) is 0 Å². The fraction of sp³-hybridized carbons (Fsp3) is 0.769. The van der Waals surface area contributed by atoms with Gasteiger partial charge in [-0.1, -0.05) is 19.3 Å². The molecule has 3 nitrogen and oxygen atoms in total. The van der Waals surface area contributed by atoms with E-state index < -0.39 is 0 Å².